The number of nitrogens with two attached hydrogens (primary N) is 1. The Morgan fingerprint density at radius 3 is 2.50 bits per heavy atom. The van der Waals surface area contributed by atoms with Gasteiger partial charge >= 0.3 is 0 Å². The molecule has 0 unspecified atom stereocenters. The summed E-state index contributed by atoms with van der Waals surface area (Å²) in [7, 11) is 0. The molecule has 4 nitrogen and oxygen atoms in total. The van der Waals surface area contributed by atoms with Gasteiger partial charge in [0.05, 0.1) is 6.54 Å². The predicted octanol–water partition coefficient (Wildman–Crippen LogP) is 1.41. The van der Waals surface area contributed by atoms with Gasteiger partial charge in [-0.05, 0) is 24.0 Å². The number of hydrogen-bond acceptors (Lipinski definition) is 4. The lowest BCUT2D eigenvalue weighted by Gasteiger charge is -2.00. The van der Waals surface area contributed by atoms with Gasteiger partial charge in [0.15, 0.2) is 5.82 Å². The van der Waals surface area contributed by atoms with Gasteiger partial charge < -0.3 is 10.3 Å². The maximum absolute atomic E-state index is 5.46. The first kappa shape index (κ1) is 9.54. The summed E-state index contributed by atoms with van der Waals surface area (Å²) in [6.07, 6.45) is 1.98. The quantitative estimate of drug-likeness (QED) is 0.822. The minimum atomic E-state index is 0.324. The molecule has 3 rings (SSSR count). The summed E-state index contributed by atoms with van der Waals surface area (Å²) in [5, 5.41) is 3.83. The summed E-state index contributed by atoms with van der Waals surface area (Å²) in [4.78, 5) is 4.29. The van der Waals surface area contributed by atoms with E-state index in [0.29, 0.717) is 18.3 Å². The lowest BCUT2D eigenvalue weighted by Crippen LogP contribution is -2.01. The van der Waals surface area contributed by atoms with E-state index in [1.54, 1.807) is 0 Å². The van der Waals surface area contributed by atoms with E-state index in [2.05, 4.69) is 34.4 Å². The average Bonchev–Trinajstić information content (AvgIpc) is 2.95. The van der Waals surface area contributed by atoms with Gasteiger partial charge in [0, 0.05) is 5.92 Å². The first-order valence-corrected chi connectivity index (χ1v) is 5.46. The normalized spacial score (nSPS) is 15.3. The average molecular weight is 215 g/mol. The highest BCUT2D eigenvalue weighted by Gasteiger charge is 2.26. The van der Waals surface area contributed by atoms with E-state index in [0.717, 1.165) is 18.7 Å². The largest absolute Gasteiger partial charge is 0.339 e. The summed E-state index contributed by atoms with van der Waals surface area (Å²) in [6, 6.07) is 8.46. The molecular weight excluding hydrogens is 202 g/mol. The number of rotatable bonds is 2. The van der Waals surface area contributed by atoms with E-state index >= 15 is 0 Å². The Kier molecular flexibility index (Phi) is 2.22. The molecule has 82 valence electrons. The minimum absolute atomic E-state index is 0.324. The van der Waals surface area contributed by atoms with Gasteiger partial charge in [-0.2, -0.15) is 4.98 Å². The Morgan fingerprint density at radius 2 is 1.94 bits per heavy atom. The molecule has 2 N–H and O–H groups in total. The van der Waals surface area contributed by atoms with E-state index in [1.807, 2.05) is 0 Å². The van der Waals surface area contributed by atoms with Crippen molar-refractivity contribution in [2.24, 2.45) is 5.73 Å². The zero-order valence-corrected chi connectivity index (χ0v) is 8.89. The van der Waals surface area contributed by atoms with Crippen molar-refractivity contribution in [2.45, 2.75) is 25.3 Å². The van der Waals surface area contributed by atoms with Crippen LogP contribution >= 0.6 is 0 Å². The Labute approximate surface area is 93.5 Å². The van der Waals surface area contributed by atoms with Crippen molar-refractivity contribution in [3.8, 4) is 0 Å². The van der Waals surface area contributed by atoms with Crippen molar-refractivity contribution in [1.82, 2.24) is 10.1 Å². The Hall–Kier alpha value is -1.68. The van der Waals surface area contributed by atoms with E-state index in [1.165, 1.54) is 11.1 Å². The fourth-order valence-corrected chi connectivity index (χ4v) is 2.25. The molecule has 0 fully saturated rings. The standard InChI is InChI=1S/C12H13N3O/c13-7-11-14-12(16-15-11)10-5-8-3-1-2-4-9(8)6-10/h1-4,10H,5-7,13H2. The number of benzene rings is 1. The maximum atomic E-state index is 5.46. The molecule has 1 aliphatic rings. The third-order valence-electron chi connectivity index (χ3n) is 3.07. The van der Waals surface area contributed by atoms with Crippen LogP contribution in [0, 0.1) is 0 Å². The van der Waals surface area contributed by atoms with Crippen LogP contribution in [-0.2, 0) is 19.4 Å². The molecule has 0 radical (unpaired) electrons. The minimum Gasteiger partial charge on any atom is -0.339 e. The van der Waals surface area contributed by atoms with Crippen LogP contribution in [0.3, 0.4) is 0 Å². The van der Waals surface area contributed by atoms with Gasteiger partial charge in [-0.1, -0.05) is 29.4 Å². The van der Waals surface area contributed by atoms with Crippen LogP contribution < -0.4 is 5.73 Å². The van der Waals surface area contributed by atoms with Gasteiger partial charge in [0.1, 0.15) is 0 Å². The molecule has 4 heteroatoms. The molecule has 0 saturated carbocycles. The summed E-state index contributed by atoms with van der Waals surface area (Å²) in [5.41, 5.74) is 8.24. The molecule has 1 aliphatic carbocycles. The number of aromatic nitrogens is 2. The van der Waals surface area contributed by atoms with Crippen LogP contribution in [0.4, 0.5) is 0 Å². The molecule has 1 heterocycles. The van der Waals surface area contributed by atoms with Crippen molar-refractivity contribution >= 4 is 0 Å². The lowest BCUT2D eigenvalue weighted by atomic mass is 10.1. The highest BCUT2D eigenvalue weighted by atomic mass is 16.5. The number of fused-ring (bicyclic) bond motifs is 1. The molecule has 0 bridgehead atoms. The number of hydrogen-bond donors (Lipinski definition) is 1. The van der Waals surface area contributed by atoms with Gasteiger partial charge in [-0.25, -0.2) is 0 Å². The van der Waals surface area contributed by atoms with E-state index in [-0.39, 0.29) is 0 Å². The molecule has 0 aliphatic heterocycles. The van der Waals surface area contributed by atoms with E-state index in [4.69, 9.17) is 10.3 Å². The van der Waals surface area contributed by atoms with Crippen LogP contribution in [0.2, 0.25) is 0 Å². The van der Waals surface area contributed by atoms with Gasteiger partial charge in [-0.15, -0.1) is 0 Å². The smallest absolute Gasteiger partial charge is 0.230 e. The first-order valence-electron chi connectivity index (χ1n) is 5.46. The zero-order chi connectivity index (χ0) is 11.0. The molecule has 16 heavy (non-hydrogen) atoms. The highest BCUT2D eigenvalue weighted by molar-refractivity contribution is 5.34. The third-order valence-corrected chi connectivity index (χ3v) is 3.07. The molecule has 1 aromatic heterocycles. The molecule has 0 spiro atoms. The fraction of sp³-hybridized carbons (Fsp3) is 0.333. The molecule has 0 saturated heterocycles. The van der Waals surface area contributed by atoms with Crippen LogP contribution in [0.1, 0.15) is 28.8 Å². The van der Waals surface area contributed by atoms with Crippen molar-refractivity contribution in [1.29, 1.82) is 0 Å². The fourth-order valence-electron chi connectivity index (χ4n) is 2.25. The summed E-state index contributed by atoms with van der Waals surface area (Å²) >= 11 is 0. The number of nitrogens with zero attached hydrogens (tertiary/aromatic N) is 2. The Balaban J connectivity index is 1.85. The van der Waals surface area contributed by atoms with Crippen LogP contribution in [0.15, 0.2) is 28.8 Å². The molecule has 0 atom stereocenters. The van der Waals surface area contributed by atoms with Crippen LogP contribution in [-0.4, -0.2) is 10.1 Å². The van der Waals surface area contributed by atoms with Crippen molar-refractivity contribution in [3.05, 3.63) is 47.1 Å². The van der Waals surface area contributed by atoms with Crippen molar-refractivity contribution < 1.29 is 4.52 Å². The maximum Gasteiger partial charge on any atom is 0.230 e. The van der Waals surface area contributed by atoms with Crippen molar-refractivity contribution in [3.63, 3.8) is 0 Å². The molecule has 2 aromatic rings. The summed E-state index contributed by atoms with van der Waals surface area (Å²) in [6.45, 7) is 0.336. The summed E-state index contributed by atoms with van der Waals surface area (Å²) in [5.74, 6) is 1.63. The molecule has 0 amide bonds. The van der Waals surface area contributed by atoms with Crippen LogP contribution in [0.5, 0.6) is 0 Å². The van der Waals surface area contributed by atoms with E-state index in [9.17, 15) is 0 Å². The SMILES string of the molecule is NCc1noc(C2Cc3ccccc3C2)n1. The van der Waals surface area contributed by atoms with Gasteiger partial charge in [0.25, 0.3) is 0 Å². The second-order valence-corrected chi connectivity index (χ2v) is 4.13. The second-order valence-electron chi connectivity index (χ2n) is 4.13. The van der Waals surface area contributed by atoms with Gasteiger partial charge in [0.2, 0.25) is 5.89 Å². The predicted molar refractivity (Wildman–Crippen MR) is 58.8 cm³/mol. The second kappa shape index (κ2) is 3.72. The highest BCUT2D eigenvalue weighted by Crippen LogP contribution is 2.32. The van der Waals surface area contributed by atoms with Crippen LogP contribution in [0.25, 0.3) is 0 Å². The lowest BCUT2D eigenvalue weighted by molar-refractivity contribution is 0.352. The molecular formula is C12H13N3O. The first-order chi connectivity index (χ1) is 7.86. The Bertz CT molecular complexity index is 481. The molecule has 1 aromatic carbocycles. The van der Waals surface area contributed by atoms with E-state index < -0.39 is 0 Å². The Morgan fingerprint density at radius 1 is 1.25 bits per heavy atom. The van der Waals surface area contributed by atoms with Gasteiger partial charge in [-0.3, -0.25) is 0 Å². The zero-order valence-electron chi connectivity index (χ0n) is 8.89. The summed E-state index contributed by atoms with van der Waals surface area (Å²) < 4.78 is 5.23. The monoisotopic (exact) mass is 215 g/mol. The topological polar surface area (TPSA) is 64.9 Å². The third kappa shape index (κ3) is 1.51. The van der Waals surface area contributed by atoms with Crippen molar-refractivity contribution in [2.75, 3.05) is 0 Å².